The van der Waals surface area contributed by atoms with Gasteiger partial charge in [0.15, 0.2) is 5.82 Å². The molecule has 1 heterocycles. The van der Waals surface area contributed by atoms with Gasteiger partial charge in [-0.1, -0.05) is 41.6 Å². The number of nitrogens with zero attached hydrogens (tertiary/aromatic N) is 3. The van der Waals surface area contributed by atoms with E-state index in [1.807, 2.05) is 42.5 Å². The van der Waals surface area contributed by atoms with Crippen molar-refractivity contribution in [3.8, 4) is 0 Å². The van der Waals surface area contributed by atoms with Crippen LogP contribution >= 0.6 is 0 Å². The van der Waals surface area contributed by atoms with Gasteiger partial charge in [0.2, 0.25) is 0 Å². The van der Waals surface area contributed by atoms with E-state index in [0.717, 1.165) is 5.56 Å². The van der Waals surface area contributed by atoms with Crippen LogP contribution in [0.1, 0.15) is 17.1 Å². The highest BCUT2D eigenvalue weighted by molar-refractivity contribution is 5.66. The molecule has 1 aromatic heterocycles. The zero-order chi connectivity index (χ0) is 11.9. The molecular formula is C13H11N3O. The zero-order valence-corrected chi connectivity index (χ0v) is 9.15. The normalized spacial score (nSPS) is 10.6. The van der Waals surface area contributed by atoms with Gasteiger partial charge in [0.25, 0.3) is 0 Å². The Hall–Kier alpha value is -2.36. The number of hydrogen-bond acceptors (Lipinski definition) is 4. The first-order valence-electron chi connectivity index (χ1n) is 5.22. The maximum absolute atomic E-state index is 10.1. The Balaban J connectivity index is 2.15. The van der Waals surface area contributed by atoms with Crippen molar-refractivity contribution in [2.45, 2.75) is 6.54 Å². The summed E-state index contributed by atoms with van der Waals surface area (Å²) < 4.78 is 0. The second-order valence-corrected chi connectivity index (χ2v) is 3.44. The molecule has 0 amide bonds. The van der Waals surface area contributed by atoms with Crippen LogP contribution < -0.4 is 0 Å². The predicted octanol–water partition coefficient (Wildman–Crippen LogP) is 2.91. The van der Waals surface area contributed by atoms with E-state index in [9.17, 15) is 4.91 Å². The van der Waals surface area contributed by atoms with Crippen molar-refractivity contribution in [1.29, 1.82) is 0 Å². The van der Waals surface area contributed by atoms with E-state index in [-0.39, 0.29) is 6.54 Å². The third kappa shape index (κ3) is 3.31. The molecule has 0 atom stereocenters. The quantitative estimate of drug-likeness (QED) is 0.752. The van der Waals surface area contributed by atoms with Gasteiger partial charge in [-0.3, -0.25) is 0 Å². The van der Waals surface area contributed by atoms with Gasteiger partial charge in [0.05, 0.1) is 5.69 Å². The number of rotatable bonds is 4. The monoisotopic (exact) mass is 225 g/mol. The minimum Gasteiger partial charge on any atom is -0.237 e. The Kier molecular flexibility index (Phi) is 3.70. The van der Waals surface area contributed by atoms with Crippen LogP contribution in [-0.4, -0.2) is 9.97 Å². The standard InChI is InChI=1S/C13H11N3O/c17-15-10-12-8-9-14-13(16-12)7-6-11-4-2-1-3-5-11/h1-9H,10H2. The van der Waals surface area contributed by atoms with Crippen molar-refractivity contribution in [2.75, 3.05) is 0 Å². The fourth-order valence-electron chi connectivity index (χ4n) is 1.38. The second kappa shape index (κ2) is 5.65. The van der Waals surface area contributed by atoms with Crippen LogP contribution in [0.4, 0.5) is 0 Å². The molecule has 0 fully saturated rings. The van der Waals surface area contributed by atoms with Crippen LogP contribution in [0.25, 0.3) is 12.2 Å². The SMILES string of the molecule is O=NCc1ccnc(C=Cc2ccccc2)n1. The van der Waals surface area contributed by atoms with Crippen LogP contribution in [0.15, 0.2) is 47.8 Å². The molecule has 0 N–H and O–H groups in total. The van der Waals surface area contributed by atoms with E-state index in [4.69, 9.17) is 0 Å². The minimum absolute atomic E-state index is 0.0781. The topological polar surface area (TPSA) is 55.2 Å². The summed E-state index contributed by atoms with van der Waals surface area (Å²) in [6.07, 6.45) is 5.36. The fourth-order valence-corrected chi connectivity index (χ4v) is 1.38. The van der Waals surface area contributed by atoms with E-state index in [0.29, 0.717) is 11.5 Å². The van der Waals surface area contributed by atoms with E-state index in [2.05, 4.69) is 15.1 Å². The Labute approximate surface area is 99.0 Å². The van der Waals surface area contributed by atoms with E-state index in [1.165, 1.54) is 0 Å². The van der Waals surface area contributed by atoms with Gasteiger partial charge in [-0.15, -0.1) is 0 Å². The number of nitroso groups, excluding NO2 is 1. The molecule has 0 aliphatic rings. The van der Waals surface area contributed by atoms with E-state index >= 15 is 0 Å². The third-order valence-corrected chi connectivity index (χ3v) is 2.18. The highest BCUT2D eigenvalue weighted by Gasteiger charge is 1.95. The Bertz CT molecular complexity index is 523. The Morgan fingerprint density at radius 3 is 2.71 bits per heavy atom. The maximum Gasteiger partial charge on any atom is 0.152 e. The second-order valence-electron chi connectivity index (χ2n) is 3.44. The summed E-state index contributed by atoms with van der Waals surface area (Å²) in [5, 5.41) is 2.80. The summed E-state index contributed by atoms with van der Waals surface area (Å²) in [7, 11) is 0. The third-order valence-electron chi connectivity index (χ3n) is 2.18. The predicted molar refractivity (Wildman–Crippen MR) is 66.9 cm³/mol. The molecule has 0 radical (unpaired) electrons. The molecule has 84 valence electrons. The van der Waals surface area contributed by atoms with Crippen molar-refractivity contribution in [2.24, 2.45) is 5.18 Å². The van der Waals surface area contributed by atoms with Crippen LogP contribution in [0.2, 0.25) is 0 Å². The Morgan fingerprint density at radius 1 is 1.12 bits per heavy atom. The molecule has 17 heavy (non-hydrogen) atoms. The number of hydrogen-bond donors (Lipinski definition) is 0. The maximum atomic E-state index is 10.1. The van der Waals surface area contributed by atoms with Crippen LogP contribution in [0.3, 0.4) is 0 Å². The van der Waals surface area contributed by atoms with Gasteiger partial charge in [-0.05, 0) is 17.7 Å². The molecule has 2 aromatic rings. The summed E-state index contributed by atoms with van der Waals surface area (Å²) in [5.41, 5.74) is 1.71. The molecule has 2 rings (SSSR count). The average molecular weight is 225 g/mol. The summed E-state index contributed by atoms with van der Waals surface area (Å²) in [6, 6.07) is 11.6. The molecule has 0 aliphatic carbocycles. The van der Waals surface area contributed by atoms with Crippen molar-refractivity contribution in [3.05, 3.63) is 64.6 Å². The van der Waals surface area contributed by atoms with Gasteiger partial charge in [0.1, 0.15) is 6.54 Å². The molecule has 4 nitrogen and oxygen atoms in total. The molecule has 1 aromatic carbocycles. The Morgan fingerprint density at radius 2 is 1.94 bits per heavy atom. The van der Waals surface area contributed by atoms with Crippen LogP contribution in [0.5, 0.6) is 0 Å². The van der Waals surface area contributed by atoms with Crippen molar-refractivity contribution >= 4 is 12.2 Å². The van der Waals surface area contributed by atoms with Gasteiger partial charge in [-0.2, -0.15) is 4.91 Å². The summed E-state index contributed by atoms with van der Waals surface area (Å²) in [5.74, 6) is 0.579. The van der Waals surface area contributed by atoms with Crippen molar-refractivity contribution in [1.82, 2.24) is 9.97 Å². The van der Waals surface area contributed by atoms with E-state index < -0.39 is 0 Å². The average Bonchev–Trinajstić information content (AvgIpc) is 2.39. The van der Waals surface area contributed by atoms with Crippen molar-refractivity contribution in [3.63, 3.8) is 0 Å². The molecule has 0 spiro atoms. The molecule has 0 saturated carbocycles. The summed E-state index contributed by atoms with van der Waals surface area (Å²) in [6.45, 7) is 0.0781. The van der Waals surface area contributed by atoms with Crippen LogP contribution in [-0.2, 0) is 6.54 Å². The highest BCUT2D eigenvalue weighted by atomic mass is 16.3. The first-order chi connectivity index (χ1) is 8.38. The van der Waals surface area contributed by atoms with Gasteiger partial charge < -0.3 is 0 Å². The van der Waals surface area contributed by atoms with E-state index in [1.54, 1.807) is 12.3 Å². The number of benzene rings is 1. The first kappa shape index (κ1) is 11.1. The lowest BCUT2D eigenvalue weighted by molar-refractivity contribution is 0.948. The minimum atomic E-state index is 0.0781. The van der Waals surface area contributed by atoms with Crippen LogP contribution in [0, 0.1) is 4.91 Å². The largest absolute Gasteiger partial charge is 0.237 e. The molecule has 0 bridgehead atoms. The van der Waals surface area contributed by atoms with Crippen molar-refractivity contribution < 1.29 is 0 Å². The molecule has 4 heteroatoms. The smallest absolute Gasteiger partial charge is 0.152 e. The fraction of sp³-hybridized carbons (Fsp3) is 0.0769. The van der Waals surface area contributed by atoms with Gasteiger partial charge in [0, 0.05) is 6.20 Å². The number of aromatic nitrogens is 2. The molecular weight excluding hydrogens is 214 g/mol. The van der Waals surface area contributed by atoms with Gasteiger partial charge in [-0.25, -0.2) is 9.97 Å². The lowest BCUT2D eigenvalue weighted by atomic mass is 10.2. The highest BCUT2D eigenvalue weighted by Crippen LogP contribution is 2.05. The van der Waals surface area contributed by atoms with Gasteiger partial charge >= 0.3 is 0 Å². The first-order valence-corrected chi connectivity index (χ1v) is 5.22. The summed E-state index contributed by atoms with van der Waals surface area (Å²) >= 11 is 0. The molecule has 0 unspecified atom stereocenters. The molecule has 0 saturated heterocycles. The lowest BCUT2D eigenvalue weighted by Crippen LogP contribution is -1.92. The summed E-state index contributed by atoms with van der Waals surface area (Å²) in [4.78, 5) is 18.4. The zero-order valence-electron chi connectivity index (χ0n) is 9.15. The lowest BCUT2D eigenvalue weighted by Gasteiger charge is -1.96. The molecule has 0 aliphatic heterocycles.